The van der Waals surface area contributed by atoms with E-state index >= 15 is 0 Å². The minimum absolute atomic E-state index is 0.119. The summed E-state index contributed by atoms with van der Waals surface area (Å²) in [5.41, 5.74) is 0.180. The van der Waals surface area contributed by atoms with E-state index in [1.165, 1.54) is 42.0 Å². The van der Waals surface area contributed by atoms with E-state index in [-0.39, 0.29) is 28.8 Å². The summed E-state index contributed by atoms with van der Waals surface area (Å²) in [7, 11) is 1.29. The third-order valence-electron chi connectivity index (χ3n) is 4.49. The van der Waals surface area contributed by atoms with Gasteiger partial charge in [0.05, 0.1) is 12.3 Å². The van der Waals surface area contributed by atoms with Crippen LogP contribution >= 0.6 is 23.4 Å². The van der Waals surface area contributed by atoms with Gasteiger partial charge in [-0.1, -0.05) is 17.7 Å². The predicted molar refractivity (Wildman–Crippen MR) is 92.0 cm³/mol. The minimum Gasteiger partial charge on any atom is -0.388 e. The summed E-state index contributed by atoms with van der Waals surface area (Å²) in [5.74, 6) is -0.688. The fraction of sp³-hybridized carbons (Fsp3) is 0.562. The number of aliphatic hydroxyl groups is 3. The van der Waals surface area contributed by atoms with Crippen LogP contribution in [0.15, 0.2) is 18.2 Å². The maximum Gasteiger partial charge on any atom is 0.233 e. The molecule has 6 atom stereocenters. The number of carbonyl (C=O) groups excluding carboxylic acids is 1. The predicted octanol–water partition coefficient (Wildman–Crippen LogP) is 0.507. The van der Waals surface area contributed by atoms with Gasteiger partial charge >= 0.3 is 0 Å². The van der Waals surface area contributed by atoms with Crippen molar-refractivity contribution in [2.75, 3.05) is 19.4 Å². The minimum atomic E-state index is -1.50. The van der Waals surface area contributed by atoms with E-state index < -0.39 is 41.9 Å². The molecule has 0 aliphatic carbocycles. The van der Waals surface area contributed by atoms with Gasteiger partial charge in [0.15, 0.2) is 6.29 Å². The fourth-order valence-corrected chi connectivity index (χ4v) is 4.68. The molecule has 0 spiro atoms. The first kappa shape index (κ1) is 19.8. The van der Waals surface area contributed by atoms with E-state index in [0.29, 0.717) is 0 Å². The summed E-state index contributed by atoms with van der Waals surface area (Å²) in [6.07, 6.45) is -6.54. The number of thioether (sulfide) groups is 1. The van der Waals surface area contributed by atoms with Gasteiger partial charge in [0.25, 0.3) is 0 Å². The van der Waals surface area contributed by atoms with Gasteiger partial charge in [-0.3, -0.25) is 4.79 Å². The molecule has 26 heavy (non-hydrogen) atoms. The molecule has 10 heteroatoms. The monoisotopic (exact) mass is 407 g/mol. The van der Waals surface area contributed by atoms with Crippen molar-refractivity contribution >= 4 is 29.3 Å². The molecule has 0 bridgehead atoms. The Morgan fingerprint density at radius 3 is 2.73 bits per heavy atom. The molecule has 1 aromatic rings. The second-order valence-electron chi connectivity index (χ2n) is 6.10. The highest BCUT2D eigenvalue weighted by Crippen LogP contribution is 2.43. The van der Waals surface area contributed by atoms with Crippen LogP contribution in [0.2, 0.25) is 5.02 Å². The van der Waals surface area contributed by atoms with Gasteiger partial charge in [-0.05, 0) is 12.1 Å². The van der Waals surface area contributed by atoms with Crippen LogP contribution in [0.1, 0.15) is 10.9 Å². The lowest BCUT2D eigenvalue weighted by molar-refractivity contribution is -0.291. The lowest BCUT2D eigenvalue weighted by atomic mass is 9.98. The number of amides is 1. The molecule has 1 amide bonds. The Morgan fingerprint density at radius 2 is 2.08 bits per heavy atom. The number of carbonyl (C=O) groups is 1. The molecule has 2 aliphatic heterocycles. The Labute approximate surface area is 158 Å². The van der Waals surface area contributed by atoms with E-state index in [2.05, 4.69) is 0 Å². The molecule has 7 nitrogen and oxygen atoms in total. The van der Waals surface area contributed by atoms with Gasteiger partial charge in [-0.25, -0.2) is 4.39 Å². The first-order valence-corrected chi connectivity index (χ1v) is 9.35. The molecule has 3 rings (SSSR count). The topological polar surface area (TPSA) is 99.5 Å². The lowest BCUT2D eigenvalue weighted by Crippen LogP contribution is -2.60. The van der Waals surface area contributed by atoms with Crippen molar-refractivity contribution in [3.05, 3.63) is 34.6 Å². The Kier molecular flexibility index (Phi) is 6.07. The van der Waals surface area contributed by atoms with E-state index in [4.69, 9.17) is 21.1 Å². The van der Waals surface area contributed by atoms with Gasteiger partial charge in [0.2, 0.25) is 5.91 Å². The summed E-state index contributed by atoms with van der Waals surface area (Å²) >= 11 is 7.33. The number of ether oxygens (including phenoxy) is 2. The van der Waals surface area contributed by atoms with Crippen molar-refractivity contribution in [1.29, 1.82) is 0 Å². The van der Waals surface area contributed by atoms with Gasteiger partial charge in [0.1, 0.15) is 35.6 Å². The molecule has 2 aliphatic rings. The number of rotatable bonds is 4. The molecule has 144 valence electrons. The van der Waals surface area contributed by atoms with Crippen LogP contribution in [0.25, 0.3) is 0 Å². The average Bonchev–Trinajstić information content (AvgIpc) is 2.96. The highest BCUT2D eigenvalue weighted by atomic mass is 35.5. The molecule has 2 saturated heterocycles. The van der Waals surface area contributed by atoms with Crippen molar-refractivity contribution in [1.82, 2.24) is 4.90 Å². The van der Waals surface area contributed by atoms with Crippen LogP contribution in [0.5, 0.6) is 0 Å². The van der Waals surface area contributed by atoms with E-state index in [0.717, 1.165) is 0 Å². The summed E-state index contributed by atoms with van der Waals surface area (Å²) in [5, 5.41) is 29.5. The first-order chi connectivity index (χ1) is 12.3. The summed E-state index contributed by atoms with van der Waals surface area (Å²) < 4.78 is 24.7. The summed E-state index contributed by atoms with van der Waals surface area (Å²) in [4.78, 5) is 13.7. The lowest BCUT2D eigenvalue weighted by Gasteiger charge is -2.41. The van der Waals surface area contributed by atoms with Crippen molar-refractivity contribution < 1.29 is 34.0 Å². The highest BCUT2D eigenvalue weighted by Gasteiger charge is 2.46. The third kappa shape index (κ3) is 3.57. The van der Waals surface area contributed by atoms with E-state index in [9.17, 15) is 24.5 Å². The molecule has 1 aromatic carbocycles. The smallest absolute Gasteiger partial charge is 0.233 e. The van der Waals surface area contributed by atoms with Crippen LogP contribution in [0.3, 0.4) is 0 Å². The molecule has 0 aromatic heterocycles. The number of benzene rings is 1. The Bertz CT molecular complexity index is 660. The molecular formula is C16H19ClFNO6S. The van der Waals surface area contributed by atoms with Crippen LogP contribution < -0.4 is 0 Å². The van der Waals surface area contributed by atoms with Crippen LogP contribution in [0.4, 0.5) is 4.39 Å². The Morgan fingerprint density at radius 1 is 1.35 bits per heavy atom. The van der Waals surface area contributed by atoms with Gasteiger partial charge in [0, 0.05) is 17.7 Å². The summed E-state index contributed by atoms with van der Waals surface area (Å²) in [6.45, 7) is -0.119. The largest absolute Gasteiger partial charge is 0.388 e. The highest BCUT2D eigenvalue weighted by molar-refractivity contribution is 8.00. The van der Waals surface area contributed by atoms with Crippen molar-refractivity contribution in [2.24, 2.45) is 0 Å². The summed E-state index contributed by atoms with van der Waals surface area (Å²) in [6, 6.07) is 4.27. The fourth-order valence-electron chi connectivity index (χ4n) is 3.09. The molecule has 0 saturated carbocycles. The molecular weight excluding hydrogens is 389 g/mol. The van der Waals surface area contributed by atoms with Crippen molar-refractivity contribution in [3.8, 4) is 0 Å². The number of hydrogen-bond acceptors (Lipinski definition) is 7. The van der Waals surface area contributed by atoms with E-state index in [1.807, 2.05) is 0 Å². The Balaban J connectivity index is 1.84. The van der Waals surface area contributed by atoms with Gasteiger partial charge in [-0.15, -0.1) is 11.8 Å². The molecule has 3 N–H and O–H groups in total. The van der Waals surface area contributed by atoms with Crippen LogP contribution in [-0.2, 0) is 14.3 Å². The number of aliphatic hydroxyl groups excluding tert-OH is 3. The molecule has 2 heterocycles. The standard InChI is InChI=1S/C16H19ClFNO6S/c1-24-16-14(23)13(22)12(21)9(25-16)5-19-10(20)6-26-15(19)11-7(17)3-2-4-8(11)18/h2-4,9,12-16,21-23H,5-6H2,1H3/t9-,12-,13+,14-,15-,16+/m1/s1. The zero-order valence-electron chi connectivity index (χ0n) is 13.8. The maximum atomic E-state index is 14.3. The van der Waals surface area contributed by atoms with Crippen molar-refractivity contribution in [2.45, 2.75) is 36.1 Å². The number of halogens is 2. The van der Waals surface area contributed by atoms with E-state index in [1.54, 1.807) is 0 Å². The van der Waals surface area contributed by atoms with Crippen molar-refractivity contribution in [3.63, 3.8) is 0 Å². The quantitative estimate of drug-likeness (QED) is 0.668. The molecule has 0 radical (unpaired) electrons. The zero-order chi connectivity index (χ0) is 19.0. The molecule has 0 unspecified atom stereocenters. The zero-order valence-corrected chi connectivity index (χ0v) is 15.4. The average molecular weight is 408 g/mol. The van der Waals surface area contributed by atoms with Crippen LogP contribution in [-0.4, -0.2) is 76.2 Å². The number of hydrogen-bond donors (Lipinski definition) is 3. The SMILES string of the molecule is CO[C@H]1O[C@H](CN2C(=O)CS[C@@H]2c2c(F)cccc2Cl)[C@@H](O)[C@H](O)[C@H]1O. The number of nitrogens with zero attached hydrogens (tertiary/aromatic N) is 1. The maximum absolute atomic E-state index is 14.3. The first-order valence-electron chi connectivity index (χ1n) is 7.92. The third-order valence-corrected chi connectivity index (χ3v) is 6.04. The van der Waals surface area contributed by atoms with Crippen LogP contribution in [0, 0.1) is 5.82 Å². The normalized spacial score (nSPS) is 35.2. The molecule has 2 fully saturated rings. The second-order valence-corrected chi connectivity index (χ2v) is 7.57. The van der Waals surface area contributed by atoms with Gasteiger partial charge < -0.3 is 29.7 Å². The second kappa shape index (κ2) is 7.97. The Hall–Kier alpha value is -0.940. The number of methoxy groups -OCH3 is 1. The van der Waals surface area contributed by atoms with Gasteiger partial charge in [-0.2, -0.15) is 0 Å².